The highest BCUT2D eigenvalue weighted by molar-refractivity contribution is 5.92. The molecule has 0 spiro atoms. The highest BCUT2D eigenvalue weighted by Gasteiger charge is 2.37. The zero-order valence-electron chi connectivity index (χ0n) is 23.6. The van der Waals surface area contributed by atoms with Gasteiger partial charge in [-0.3, -0.25) is 9.59 Å². The third-order valence-electron chi connectivity index (χ3n) is 5.98. The summed E-state index contributed by atoms with van der Waals surface area (Å²) < 4.78 is 5.43. The number of nitrogens with zero attached hydrogens (tertiary/aromatic N) is 1. The predicted octanol–water partition coefficient (Wildman–Crippen LogP) is 3.97. The van der Waals surface area contributed by atoms with Gasteiger partial charge in [0.15, 0.2) is 0 Å². The van der Waals surface area contributed by atoms with Crippen molar-refractivity contribution in [3.05, 3.63) is 71.3 Å². The van der Waals surface area contributed by atoms with E-state index in [1.54, 1.807) is 45.0 Å². The van der Waals surface area contributed by atoms with Crippen molar-refractivity contribution in [2.24, 2.45) is 0 Å². The normalized spacial score (nSPS) is 13.4. The van der Waals surface area contributed by atoms with E-state index in [9.17, 15) is 19.5 Å². The molecule has 0 aliphatic heterocycles. The van der Waals surface area contributed by atoms with Crippen LogP contribution in [0.2, 0.25) is 0 Å². The maximum Gasteiger partial charge on any atom is 0.408 e. The van der Waals surface area contributed by atoms with Crippen molar-refractivity contribution >= 4 is 17.9 Å². The summed E-state index contributed by atoms with van der Waals surface area (Å²) in [6.45, 7) is 8.55. The van der Waals surface area contributed by atoms with Crippen LogP contribution in [0, 0.1) is 12.3 Å². The summed E-state index contributed by atoms with van der Waals surface area (Å²) in [7, 11) is 0. The van der Waals surface area contributed by atoms with Gasteiger partial charge in [-0.05, 0) is 51.3 Å². The average Bonchev–Trinajstić information content (AvgIpc) is 2.87. The summed E-state index contributed by atoms with van der Waals surface area (Å²) in [6, 6.07) is 13.8. The van der Waals surface area contributed by atoms with Crippen LogP contribution in [0.15, 0.2) is 54.6 Å². The molecule has 0 aliphatic carbocycles. The Bertz CT molecular complexity index is 1140. The Morgan fingerprint density at radius 2 is 1.69 bits per heavy atom. The van der Waals surface area contributed by atoms with Crippen LogP contribution in [0.25, 0.3) is 0 Å². The number of hydrogen-bond acceptors (Lipinski definition) is 5. The largest absolute Gasteiger partial charge is 0.444 e. The van der Waals surface area contributed by atoms with Crippen LogP contribution in [0.1, 0.15) is 70.2 Å². The Labute approximate surface area is 232 Å². The molecule has 0 fully saturated rings. The number of rotatable bonds is 12. The monoisotopic (exact) mass is 535 g/mol. The van der Waals surface area contributed by atoms with Crippen LogP contribution in [0.4, 0.5) is 4.79 Å². The third kappa shape index (κ3) is 9.77. The molecule has 210 valence electrons. The number of ether oxygens (including phenoxy) is 1. The molecule has 0 bridgehead atoms. The summed E-state index contributed by atoms with van der Waals surface area (Å²) in [4.78, 5) is 42.0. The van der Waals surface area contributed by atoms with Gasteiger partial charge in [-0.15, -0.1) is 6.42 Å². The van der Waals surface area contributed by atoms with Crippen molar-refractivity contribution in [2.75, 3.05) is 13.2 Å². The van der Waals surface area contributed by atoms with E-state index in [1.165, 1.54) is 4.90 Å². The molecule has 0 saturated carbocycles. The van der Waals surface area contributed by atoms with Crippen molar-refractivity contribution < 1.29 is 24.2 Å². The second-order valence-electron chi connectivity index (χ2n) is 10.5. The standard InChI is InChI=1S/C31H41N3O5/c1-7-14-22(3)32-28(36)27(25-18-13-12-17-24(25)8-2)34(19-20-35)29(37)26(21-23-15-10-9-11-16-23)33-30(38)39-31(4,5)6/h2,9-13,15-18,22,26-27,35H,7,14,19-21H2,1,3-6H3,(H,32,36)(H,33,38). The molecule has 8 heteroatoms. The Morgan fingerprint density at radius 1 is 1.05 bits per heavy atom. The van der Waals surface area contributed by atoms with Crippen molar-refractivity contribution in [1.82, 2.24) is 15.5 Å². The molecule has 2 aromatic carbocycles. The Hall–Kier alpha value is -3.83. The summed E-state index contributed by atoms with van der Waals surface area (Å²) in [5.74, 6) is 1.63. The number of nitrogens with one attached hydrogen (secondary N) is 2. The summed E-state index contributed by atoms with van der Waals surface area (Å²) in [5.41, 5.74) is 0.936. The van der Waals surface area contributed by atoms with E-state index in [0.717, 1.165) is 18.4 Å². The van der Waals surface area contributed by atoms with Gasteiger partial charge in [-0.1, -0.05) is 67.8 Å². The molecule has 2 rings (SSSR count). The molecular weight excluding hydrogens is 494 g/mol. The Kier molecular flexibility index (Phi) is 12.0. The fourth-order valence-electron chi connectivity index (χ4n) is 4.32. The van der Waals surface area contributed by atoms with Crippen molar-refractivity contribution in [1.29, 1.82) is 0 Å². The lowest BCUT2D eigenvalue weighted by atomic mass is 9.96. The number of alkyl carbamates (subject to hydrolysis) is 1. The number of aliphatic hydroxyl groups is 1. The van der Waals surface area contributed by atoms with Gasteiger partial charge >= 0.3 is 6.09 Å². The first kappa shape index (κ1) is 31.4. The third-order valence-corrected chi connectivity index (χ3v) is 5.98. The fourth-order valence-corrected chi connectivity index (χ4v) is 4.32. The van der Waals surface area contributed by atoms with E-state index in [1.807, 2.05) is 44.2 Å². The molecule has 3 amide bonds. The lowest BCUT2D eigenvalue weighted by Gasteiger charge is -2.35. The van der Waals surface area contributed by atoms with Crippen LogP contribution in [0.3, 0.4) is 0 Å². The minimum atomic E-state index is -1.13. The van der Waals surface area contributed by atoms with Crippen LogP contribution in [-0.4, -0.2) is 58.8 Å². The van der Waals surface area contributed by atoms with Crippen LogP contribution in [-0.2, 0) is 20.7 Å². The van der Waals surface area contributed by atoms with Crippen LogP contribution in [0.5, 0.6) is 0 Å². The first-order chi connectivity index (χ1) is 18.5. The second-order valence-corrected chi connectivity index (χ2v) is 10.5. The molecule has 3 unspecified atom stereocenters. The van der Waals surface area contributed by atoms with Crippen molar-refractivity contribution in [2.45, 2.75) is 77.6 Å². The van der Waals surface area contributed by atoms with Gasteiger partial charge in [-0.25, -0.2) is 4.79 Å². The van der Waals surface area contributed by atoms with Gasteiger partial charge in [0.25, 0.3) is 0 Å². The van der Waals surface area contributed by atoms with Gasteiger partial charge in [0.2, 0.25) is 11.8 Å². The van der Waals surface area contributed by atoms with Crippen LogP contribution < -0.4 is 10.6 Å². The first-order valence-electron chi connectivity index (χ1n) is 13.3. The zero-order valence-corrected chi connectivity index (χ0v) is 23.6. The average molecular weight is 536 g/mol. The van der Waals surface area contributed by atoms with Gasteiger partial charge in [-0.2, -0.15) is 0 Å². The molecule has 3 atom stereocenters. The molecule has 39 heavy (non-hydrogen) atoms. The van der Waals surface area contributed by atoms with E-state index >= 15 is 0 Å². The number of aliphatic hydroxyl groups excluding tert-OH is 1. The number of amides is 3. The number of carbonyl (C=O) groups excluding carboxylic acids is 3. The Balaban J connectivity index is 2.56. The number of benzene rings is 2. The molecule has 0 radical (unpaired) electrons. The maximum atomic E-state index is 14.2. The van der Waals surface area contributed by atoms with E-state index < -0.39 is 42.2 Å². The summed E-state index contributed by atoms with van der Waals surface area (Å²) in [6.07, 6.45) is 6.77. The molecule has 0 heterocycles. The highest BCUT2D eigenvalue weighted by Crippen LogP contribution is 2.26. The second kappa shape index (κ2) is 14.9. The molecule has 0 saturated heterocycles. The van der Waals surface area contributed by atoms with E-state index in [4.69, 9.17) is 11.2 Å². The van der Waals surface area contributed by atoms with E-state index in [0.29, 0.717) is 11.1 Å². The zero-order chi connectivity index (χ0) is 29.0. The number of hydrogen-bond donors (Lipinski definition) is 3. The van der Waals surface area contributed by atoms with Crippen LogP contribution >= 0.6 is 0 Å². The molecule has 0 aliphatic rings. The van der Waals surface area contributed by atoms with Crippen molar-refractivity contribution in [3.8, 4) is 12.3 Å². The topological polar surface area (TPSA) is 108 Å². The van der Waals surface area contributed by atoms with Gasteiger partial charge in [0.05, 0.1) is 6.61 Å². The minimum absolute atomic E-state index is 0.144. The number of terminal acetylenes is 1. The minimum Gasteiger partial charge on any atom is -0.444 e. The lowest BCUT2D eigenvalue weighted by molar-refractivity contribution is -0.143. The lowest BCUT2D eigenvalue weighted by Crippen LogP contribution is -2.55. The van der Waals surface area contributed by atoms with Gasteiger partial charge in [0.1, 0.15) is 17.7 Å². The van der Waals surface area contributed by atoms with Crippen molar-refractivity contribution in [3.63, 3.8) is 0 Å². The molecule has 2 aromatic rings. The summed E-state index contributed by atoms with van der Waals surface area (Å²) >= 11 is 0. The van der Waals surface area contributed by atoms with Gasteiger partial charge < -0.3 is 25.4 Å². The summed E-state index contributed by atoms with van der Waals surface area (Å²) in [5, 5.41) is 15.7. The molecule has 3 N–H and O–H groups in total. The quantitative estimate of drug-likeness (QED) is 0.357. The molecule has 8 nitrogen and oxygen atoms in total. The van der Waals surface area contributed by atoms with E-state index in [2.05, 4.69) is 16.6 Å². The smallest absolute Gasteiger partial charge is 0.408 e. The molecule has 0 aromatic heterocycles. The SMILES string of the molecule is C#Cc1ccccc1C(C(=O)NC(C)CCC)N(CCO)C(=O)C(Cc1ccccc1)NC(=O)OC(C)(C)C. The van der Waals surface area contributed by atoms with Gasteiger partial charge in [0, 0.05) is 24.6 Å². The van der Waals surface area contributed by atoms with E-state index in [-0.39, 0.29) is 19.0 Å². The Morgan fingerprint density at radius 3 is 2.28 bits per heavy atom. The maximum absolute atomic E-state index is 14.2. The molecular formula is C31H41N3O5. The first-order valence-corrected chi connectivity index (χ1v) is 13.3. The fraction of sp³-hybridized carbons (Fsp3) is 0.452. The predicted molar refractivity (Wildman–Crippen MR) is 152 cm³/mol. The number of carbonyl (C=O) groups is 3. The highest BCUT2D eigenvalue weighted by atomic mass is 16.6.